The summed E-state index contributed by atoms with van der Waals surface area (Å²) in [5.74, 6) is 0. The molecule has 0 N–H and O–H groups in total. The predicted octanol–water partition coefficient (Wildman–Crippen LogP) is 4.24. The Hall–Kier alpha value is -2.48. The van der Waals surface area contributed by atoms with Crippen molar-refractivity contribution in [2.45, 2.75) is 0 Å². The van der Waals surface area contributed by atoms with Crippen molar-refractivity contribution in [1.29, 1.82) is 5.26 Å². The number of para-hydroxylation sites is 1. The van der Waals surface area contributed by atoms with E-state index in [2.05, 4.69) is 0 Å². The predicted molar refractivity (Wildman–Crippen MR) is 98.6 cm³/mol. The molecule has 3 aromatic rings. The van der Waals surface area contributed by atoms with Crippen LogP contribution >= 0.6 is 23.2 Å². The van der Waals surface area contributed by atoms with E-state index < -0.39 is 5.56 Å². The maximum absolute atomic E-state index is 13.0. The summed E-state index contributed by atoms with van der Waals surface area (Å²) in [5, 5.41) is 11.2. The number of fused-ring (bicyclic) bond motifs is 1. The van der Waals surface area contributed by atoms with Gasteiger partial charge >= 0.3 is 0 Å². The van der Waals surface area contributed by atoms with Gasteiger partial charge in [0.25, 0.3) is 5.56 Å². The first kappa shape index (κ1) is 16.4. The van der Waals surface area contributed by atoms with Crippen molar-refractivity contribution in [1.82, 2.24) is 4.57 Å². The standard InChI is InChI=1S/C18H13Cl2N3O/c1-22(2)17-12-8-7-11(19)9-16(12)23(18(24)13(17)10-21)15-6-4-3-5-14(15)20/h3-9H,1-2H3. The number of nitriles is 1. The molecule has 2 aromatic carbocycles. The highest BCUT2D eigenvalue weighted by atomic mass is 35.5. The van der Waals surface area contributed by atoms with E-state index in [0.717, 1.165) is 5.39 Å². The zero-order valence-electron chi connectivity index (χ0n) is 13.0. The Morgan fingerprint density at radius 3 is 2.46 bits per heavy atom. The summed E-state index contributed by atoms with van der Waals surface area (Å²) in [6.07, 6.45) is 0. The van der Waals surface area contributed by atoms with Gasteiger partial charge in [-0.2, -0.15) is 5.26 Å². The van der Waals surface area contributed by atoms with Gasteiger partial charge in [-0.1, -0.05) is 35.3 Å². The van der Waals surface area contributed by atoms with E-state index in [1.807, 2.05) is 6.07 Å². The number of aromatic nitrogens is 1. The number of hydrogen-bond acceptors (Lipinski definition) is 3. The minimum Gasteiger partial charge on any atom is -0.376 e. The Bertz CT molecular complexity index is 1050. The van der Waals surface area contributed by atoms with Gasteiger partial charge in [0, 0.05) is 24.5 Å². The summed E-state index contributed by atoms with van der Waals surface area (Å²) >= 11 is 12.4. The summed E-state index contributed by atoms with van der Waals surface area (Å²) < 4.78 is 1.44. The van der Waals surface area contributed by atoms with Crippen LogP contribution in [0.3, 0.4) is 0 Å². The molecule has 0 bridgehead atoms. The number of nitrogens with zero attached hydrogens (tertiary/aromatic N) is 3. The molecular weight excluding hydrogens is 345 g/mol. The number of anilines is 1. The van der Waals surface area contributed by atoms with Crippen LogP contribution < -0.4 is 10.5 Å². The molecule has 24 heavy (non-hydrogen) atoms. The average Bonchev–Trinajstić information content (AvgIpc) is 2.54. The van der Waals surface area contributed by atoms with Crippen LogP contribution in [0.15, 0.2) is 47.3 Å². The molecule has 0 amide bonds. The van der Waals surface area contributed by atoms with Gasteiger partial charge in [0.15, 0.2) is 0 Å². The minimum atomic E-state index is -0.427. The largest absolute Gasteiger partial charge is 0.376 e. The van der Waals surface area contributed by atoms with Crippen LogP contribution in [0.4, 0.5) is 5.69 Å². The molecule has 0 unspecified atom stereocenters. The quantitative estimate of drug-likeness (QED) is 0.689. The molecule has 0 aliphatic carbocycles. The molecule has 1 aromatic heterocycles. The highest BCUT2D eigenvalue weighted by Crippen LogP contribution is 2.32. The van der Waals surface area contributed by atoms with Crippen LogP contribution in [0.5, 0.6) is 0 Å². The van der Waals surface area contributed by atoms with Gasteiger partial charge in [0.2, 0.25) is 0 Å². The fraction of sp³-hybridized carbons (Fsp3) is 0.111. The number of benzene rings is 2. The lowest BCUT2D eigenvalue weighted by atomic mass is 10.1. The maximum atomic E-state index is 13.0. The van der Waals surface area contributed by atoms with Crippen molar-refractivity contribution in [3.05, 3.63) is 68.4 Å². The number of rotatable bonds is 2. The molecule has 120 valence electrons. The molecule has 4 nitrogen and oxygen atoms in total. The third-order valence-corrected chi connectivity index (χ3v) is 4.32. The number of halogens is 2. The van der Waals surface area contributed by atoms with Crippen molar-refractivity contribution in [2.24, 2.45) is 0 Å². The first-order valence-electron chi connectivity index (χ1n) is 7.16. The SMILES string of the molecule is CN(C)c1c(C#N)c(=O)n(-c2ccccc2Cl)c2cc(Cl)ccc12. The van der Waals surface area contributed by atoms with Gasteiger partial charge in [0.1, 0.15) is 11.6 Å². The molecule has 0 aliphatic rings. The molecule has 0 saturated heterocycles. The van der Waals surface area contributed by atoms with Crippen LogP contribution in [-0.2, 0) is 0 Å². The third kappa shape index (κ3) is 2.52. The van der Waals surface area contributed by atoms with Crippen molar-refractivity contribution in [2.75, 3.05) is 19.0 Å². The summed E-state index contributed by atoms with van der Waals surface area (Å²) in [7, 11) is 3.59. The van der Waals surface area contributed by atoms with Crippen LogP contribution in [0.1, 0.15) is 5.56 Å². The second-order valence-corrected chi connectivity index (χ2v) is 6.33. The number of hydrogen-bond donors (Lipinski definition) is 0. The van der Waals surface area contributed by atoms with E-state index in [-0.39, 0.29) is 5.56 Å². The lowest BCUT2D eigenvalue weighted by molar-refractivity contribution is 1.02. The second-order valence-electron chi connectivity index (χ2n) is 5.48. The molecule has 0 radical (unpaired) electrons. The van der Waals surface area contributed by atoms with Crippen molar-refractivity contribution < 1.29 is 0 Å². The molecule has 0 spiro atoms. The van der Waals surface area contributed by atoms with E-state index in [0.29, 0.717) is 26.9 Å². The first-order valence-corrected chi connectivity index (χ1v) is 7.92. The highest BCUT2D eigenvalue weighted by Gasteiger charge is 2.20. The smallest absolute Gasteiger partial charge is 0.275 e. The van der Waals surface area contributed by atoms with Crippen LogP contribution in [0.2, 0.25) is 10.0 Å². The van der Waals surface area contributed by atoms with Gasteiger partial charge in [-0.25, -0.2) is 0 Å². The molecule has 0 saturated carbocycles. The van der Waals surface area contributed by atoms with Gasteiger partial charge in [-0.15, -0.1) is 0 Å². The van der Waals surface area contributed by atoms with Crippen LogP contribution in [0.25, 0.3) is 16.6 Å². The molecule has 6 heteroatoms. The van der Waals surface area contributed by atoms with Gasteiger partial charge < -0.3 is 4.90 Å². The second kappa shape index (κ2) is 6.20. The molecule has 1 heterocycles. The summed E-state index contributed by atoms with van der Waals surface area (Å²) in [4.78, 5) is 14.8. The Kier molecular flexibility index (Phi) is 4.23. The van der Waals surface area contributed by atoms with E-state index in [1.54, 1.807) is 61.5 Å². The normalized spacial score (nSPS) is 10.6. The Morgan fingerprint density at radius 1 is 1.12 bits per heavy atom. The molecule has 0 aliphatic heterocycles. The third-order valence-electron chi connectivity index (χ3n) is 3.76. The lowest BCUT2D eigenvalue weighted by Gasteiger charge is -2.20. The van der Waals surface area contributed by atoms with E-state index >= 15 is 0 Å². The summed E-state index contributed by atoms with van der Waals surface area (Å²) in [6, 6.07) is 14.3. The van der Waals surface area contributed by atoms with Crippen molar-refractivity contribution in [3.8, 4) is 11.8 Å². The molecule has 3 rings (SSSR count). The van der Waals surface area contributed by atoms with Crippen LogP contribution in [-0.4, -0.2) is 18.7 Å². The van der Waals surface area contributed by atoms with E-state index in [1.165, 1.54) is 4.57 Å². The monoisotopic (exact) mass is 357 g/mol. The van der Waals surface area contributed by atoms with Crippen LogP contribution in [0, 0.1) is 11.3 Å². The van der Waals surface area contributed by atoms with Crippen molar-refractivity contribution >= 4 is 39.8 Å². The molecular formula is C18H13Cl2N3O. The summed E-state index contributed by atoms with van der Waals surface area (Å²) in [5.41, 5.74) is 1.32. The first-order chi connectivity index (χ1) is 11.5. The zero-order valence-corrected chi connectivity index (χ0v) is 14.6. The summed E-state index contributed by atoms with van der Waals surface area (Å²) in [6.45, 7) is 0. The lowest BCUT2D eigenvalue weighted by Crippen LogP contribution is -2.26. The average molecular weight is 358 g/mol. The number of pyridine rings is 1. The molecule has 0 atom stereocenters. The fourth-order valence-electron chi connectivity index (χ4n) is 2.78. The topological polar surface area (TPSA) is 49.0 Å². The maximum Gasteiger partial charge on any atom is 0.275 e. The van der Waals surface area contributed by atoms with Gasteiger partial charge in [0.05, 0.1) is 21.9 Å². The minimum absolute atomic E-state index is 0.0646. The Morgan fingerprint density at radius 2 is 1.83 bits per heavy atom. The van der Waals surface area contributed by atoms with E-state index in [9.17, 15) is 10.1 Å². The highest BCUT2D eigenvalue weighted by molar-refractivity contribution is 6.32. The Balaban J connectivity index is 2.60. The zero-order chi connectivity index (χ0) is 17.4. The van der Waals surface area contributed by atoms with Crippen molar-refractivity contribution in [3.63, 3.8) is 0 Å². The van der Waals surface area contributed by atoms with Gasteiger partial charge in [-0.3, -0.25) is 9.36 Å². The molecule has 0 fully saturated rings. The fourth-order valence-corrected chi connectivity index (χ4v) is 3.17. The van der Waals surface area contributed by atoms with Gasteiger partial charge in [-0.05, 0) is 30.3 Å². The van der Waals surface area contributed by atoms with E-state index in [4.69, 9.17) is 23.2 Å². The Labute approximate surface area is 149 Å².